The average molecular weight is 317 g/mol. The molecule has 1 aliphatic heterocycles. The first-order chi connectivity index (χ1) is 7.99. The lowest BCUT2D eigenvalue weighted by atomic mass is 10.1. The van der Waals surface area contributed by atoms with Crippen molar-refractivity contribution in [1.82, 2.24) is 0 Å². The fraction of sp³-hybridized carbons (Fsp3) is 0.333. The number of halogens is 2. The van der Waals surface area contributed by atoms with Gasteiger partial charge in [-0.05, 0) is 42.3 Å². The number of carbonyl (C=O) groups is 2. The molecule has 0 bridgehead atoms. The number of anilines is 1. The minimum atomic E-state index is -0.435. The molecule has 0 radical (unpaired) electrons. The highest BCUT2D eigenvalue weighted by atomic mass is 79.9. The summed E-state index contributed by atoms with van der Waals surface area (Å²) in [6, 6.07) is 5.70. The van der Waals surface area contributed by atoms with E-state index in [0.29, 0.717) is 6.54 Å². The van der Waals surface area contributed by atoms with E-state index in [1.54, 1.807) is 4.90 Å². The van der Waals surface area contributed by atoms with Gasteiger partial charge in [0.25, 0.3) is 0 Å². The molecule has 0 N–H and O–H groups in total. The quantitative estimate of drug-likeness (QED) is 0.787. The Morgan fingerprint density at radius 3 is 2.76 bits per heavy atom. The Balaban J connectivity index is 2.29. The van der Waals surface area contributed by atoms with Crippen LogP contribution in [-0.2, 0) is 9.59 Å². The lowest BCUT2D eigenvalue weighted by Gasteiger charge is -2.18. The lowest BCUT2D eigenvalue weighted by Crippen LogP contribution is -2.25. The van der Waals surface area contributed by atoms with Crippen molar-refractivity contribution < 1.29 is 9.59 Å². The summed E-state index contributed by atoms with van der Waals surface area (Å²) in [6.45, 7) is 2.31. The van der Waals surface area contributed by atoms with Gasteiger partial charge in [-0.25, -0.2) is 0 Å². The van der Waals surface area contributed by atoms with Gasteiger partial charge in [-0.2, -0.15) is 0 Å². The molecule has 0 saturated carbocycles. The van der Waals surface area contributed by atoms with E-state index in [0.717, 1.165) is 15.7 Å². The SMILES string of the molecule is Cc1cc(Br)ccc1N1C[C@H](C(=O)Cl)CC1=O. The molecule has 5 heteroatoms. The van der Waals surface area contributed by atoms with Crippen LogP contribution in [0.5, 0.6) is 0 Å². The molecule has 0 spiro atoms. The number of aryl methyl sites for hydroxylation is 1. The summed E-state index contributed by atoms with van der Waals surface area (Å²) in [5, 5.41) is -0.435. The number of carbonyl (C=O) groups excluding carboxylic acids is 2. The van der Waals surface area contributed by atoms with Crippen molar-refractivity contribution in [3.05, 3.63) is 28.2 Å². The van der Waals surface area contributed by atoms with Gasteiger partial charge >= 0.3 is 0 Å². The maximum atomic E-state index is 11.8. The first-order valence-corrected chi connectivity index (χ1v) is 6.42. The van der Waals surface area contributed by atoms with Gasteiger partial charge < -0.3 is 4.90 Å². The van der Waals surface area contributed by atoms with E-state index in [1.807, 2.05) is 25.1 Å². The van der Waals surface area contributed by atoms with Gasteiger partial charge in [0.15, 0.2) is 0 Å². The highest BCUT2D eigenvalue weighted by molar-refractivity contribution is 9.10. The van der Waals surface area contributed by atoms with Gasteiger partial charge in [0, 0.05) is 23.1 Å². The van der Waals surface area contributed by atoms with Crippen LogP contribution in [0.15, 0.2) is 22.7 Å². The fourth-order valence-electron chi connectivity index (χ4n) is 2.01. The van der Waals surface area contributed by atoms with Crippen LogP contribution in [0.4, 0.5) is 5.69 Å². The van der Waals surface area contributed by atoms with Gasteiger partial charge in [-0.15, -0.1) is 0 Å². The Morgan fingerprint density at radius 2 is 2.24 bits per heavy atom. The normalized spacial score (nSPS) is 19.8. The monoisotopic (exact) mass is 315 g/mol. The molecule has 2 rings (SSSR count). The number of nitrogens with zero attached hydrogens (tertiary/aromatic N) is 1. The van der Waals surface area contributed by atoms with Crippen molar-refractivity contribution in [2.24, 2.45) is 5.92 Å². The van der Waals surface area contributed by atoms with E-state index in [9.17, 15) is 9.59 Å². The highest BCUT2D eigenvalue weighted by Crippen LogP contribution is 2.30. The van der Waals surface area contributed by atoms with Crippen molar-refractivity contribution in [2.75, 3.05) is 11.4 Å². The van der Waals surface area contributed by atoms with Gasteiger partial charge in [0.2, 0.25) is 11.1 Å². The molecule has 1 aromatic rings. The molecule has 1 fully saturated rings. The Hall–Kier alpha value is -0.870. The number of rotatable bonds is 2. The molecular formula is C12H11BrClNO2. The van der Waals surface area contributed by atoms with Crippen LogP contribution in [0.1, 0.15) is 12.0 Å². The van der Waals surface area contributed by atoms with Gasteiger partial charge in [0.1, 0.15) is 0 Å². The summed E-state index contributed by atoms with van der Waals surface area (Å²) >= 11 is 8.82. The molecule has 17 heavy (non-hydrogen) atoms. The van der Waals surface area contributed by atoms with E-state index >= 15 is 0 Å². The zero-order valence-corrected chi connectivity index (χ0v) is 11.6. The van der Waals surface area contributed by atoms with Crippen LogP contribution in [0, 0.1) is 12.8 Å². The lowest BCUT2D eigenvalue weighted by molar-refractivity contribution is -0.120. The summed E-state index contributed by atoms with van der Waals surface area (Å²) in [4.78, 5) is 24.5. The Labute approximate surface area is 113 Å². The molecular weight excluding hydrogens is 305 g/mol. The zero-order valence-electron chi connectivity index (χ0n) is 9.24. The summed E-state index contributed by atoms with van der Waals surface area (Å²) in [5.74, 6) is -0.429. The van der Waals surface area contributed by atoms with Crippen LogP contribution in [0.2, 0.25) is 0 Å². The smallest absolute Gasteiger partial charge is 0.227 e. The summed E-state index contributed by atoms with van der Waals surface area (Å²) < 4.78 is 0.968. The number of hydrogen-bond donors (Lipinski definition) is 0. The summed E-state index contributed by atoms with van der Waals surface area (Å²) in [7, 11) is 0. The van der Waals surface area contributed by atoms with E-state index in [-0.39, 0.29) is 18.2 Å². The number of hydrogen-bond acceptors (Lipinski definition) is 2. The third kappa shape index (κ3) is 2.53. The predicted octanol–water partition coefficient (Wildman–Crippen LogP) is 2.88. The first-order valence-electron chi connectivity index (χ1n) is 5.25. The largest absolute Gasteiger partial charge is 0.311 e. The average Bonchev–Trinajstić information content (AvgIpc) is 2.61. The van der Waals surface area contributed by atoms with Crippen LogP contribution in [0.25, 0.3) is 0 Å². The van der Waals surface area contributed by atoms with E-state index in [1.165, 1.54) is 0 Å². The second-order valence-corrected chi connectivity index (χ2v) is 5.43. The minimum absolute atomic E-state index is 0.0468. The standard InChI is InChI=1S/C12H11BrClNO2/c1-7-4-9(13)2-3-10(7)15-6-8(12(14)17)5-11(15)16/h2-4,8H,5-6H2,1H3/t8-/m1/s1. The molecule has 1 saturated heterocycles. The van der Waals surface area contributed by atoms with Gasteiger partial charge in [0.05, 0.1) is 5.92 Å². The minimum Gasteiger partial charge on any atom is -0.311 e. The molecule has 1 atom stereocenters. The van der Waals surface area contributed by atoms with Crippen LogP contribution in [-0.4, -0.2) is 17.7 Å². The fourth-order valence-corrected chi connectivity index (χ4v) is 2.64. The number of benzene rings is 1. The molecule has 1 amide bonds. The Kier molecular flexibility index (Phi) is 3.54. The van der Waals surface area contributed by atoms with Crippen molar-refractivity contribution in [3.8, 4) is 0 Å². The maximum Gasteiger partial charge on any atom is 0.227 e. The van der Waals surface area contributed by atoms with Gasteiger partial charge in [-0.3, -0.25) is 9.59 Å². The van der Waals surface area contributed by atoms with E-state index in [2.05, 4.69) is 15.9 Å². The van der Waals surface area contributed by atoms with Crippen molar-refractivity contribution in [2.45, 2.75) is 13.3 Å². The Bertz CT molecular complexity index is 489. The second-order valence-electron chi connectivity index (χ2n) is 4.14. The molecule has 1 aromatic carbocycles. The first kappa shape index (κ1) is 12.6. The third-order valence-corrected chi connectivity index (χ3v) is 3.70. The third-order valence-electron chi connectivity index (χ3n) is 2.90. The molecule has 3 nitrogen and oxygen atoms in total. The highest BCUT2D eigenvalue weighted by Gasteiger charge is 2.34. The summed E-state index contributed by atoms with van der Waals surface area (Å²) in [5.41, 5.74) is 1.84. The van der Waals surface area contributed by atoms with Crippen molar-refractivity contribution in [3.63, 3.8) is 0 Å². The van der Waals surface area contributed by atoms with Crippen LogP contribution < -0.4 is 4.90 Å². The van der Waals surface area contributed by atoms with Gasteiger partial charge in [-0.1, -0.05) is 15.9 Å². The van der Waals surface area contributed by atoms with E-state index < -0.39 is 5.24 Å². The Morgan fingerprint density at radius 1 is 1.53 bits per heavy atom. The molecule has 1 heterocycles. The van der Waals surface area contributed by atoms with Crippen LogP contribution in [0.3, 0.4) is 0 Å². The zero-order chi connectivity index (χ0) is 12.6. The maximum absolute atomic E-state index is 11.8. The number of amides is 1. The molecule has 0 aromatic heterocycles. The van der Waals surface area contributed by atoms with Crippen molar-refractivity contribution in [1.29, 1.82) is 0 Å². The summed E-state index contributed by atoms with van der Waals surface area (Å²) in [6.07, 6.45) is 0.206. The van der Waals surface area contributed by atoms with Crippen molar-refractivity contribution >= 4 is 44.4 Å². The molecule has 0 unspecified atom stereocenters. The predicted molar refractivity (Wildman–Crippen MR) is 70.2 cm³/mol. The molecule has 1 aliphatic rings. The topological polar surface area (TPSA) is 37.4 Å². The molecule has 90 valence electrons. The second kappa shape index (κ2) is 4.78. The van der Waals surface area contributed by atoms with E-state index in [4.69, 9.17) is 11.6 Å². The van der Waals surface area contributed by atoms with Crippen LogP contribution >= 0.6 is 27.5 Å². The molecule has 0 aliphatic carbocycles.